The smallest absolute Gasteiger partial charge is 0.325 e. The van der Waals surface area contributed by atoms with E-state index in [0.29, 0.717) is 28.4 Å². The molecule has 4 rings (SSSR count). The molecule has 31 heavy (non-hydrogen) atoms. The molecule has 0 spiro atoms. The van der Waals surface area contributed by atoms with E-state index < -0.39 is 0 Å². The van der Waals surface area contributed by atoms with E-state index in [0.717, 1.165) is 11.5 Å². The number of ether oxygens (including phenoxy) is 2. The number of hydrogen-bond acceptors (Lipinski definition) is 6. The summed E-state index contributed by atoms with van der Waals surface area (Å²) in [4.78, 5) is 12.1. The SMILES string of the molecule is COc1ccc(NC(=O)Nc2nnc(COc3ccc(C4CCCCC4)cc3)s2)cc1. The van der Waals surface area contributed by atoms with E-state index in [4.69, 9.17) is 9.47 Å². The first-order valence-electron chi connectivity index (χ1n) is 10.5. The third-order valence-electron chi connectivity index (χ3n) is 5.35. The monoisotopic (exact) mass is 438 g/mol. The van der Waals surface area contributed by atoms with Crippen molar-refractivity contribution in [1.29, 1.82) is 0 Å². The molecule has 1 aliphatic carbocycles. The Labute approximate surface area is 185 Å². The summed E-state index contributed by atoms with van der Waals surface area (Å²) in [7, 11) is 1.60. The first-order chi connectivity index (χ1) is 15.2. The third kappa shape index (κ3) is 5.95. The van der Waals surface area contributed by atoms with Crippen LogP contribution in [0.15, 0.2) is 48.5 Å². The maximum atomic E-state index is 12.1. The van der Waals surface area contributed by atoms with Gasteiger partial charge in [-0.05, 0) is 60.7 Å². The molecule has 0 atom stereocenters. The van der Waals surface area contributed by atoms with Gasteiger partial charge in [-0.2, -0.15) is 0 Å². The zero-order valence-electron chi connectivity index (χ0n) is 17.5. The maximum Gasteiger partial charge on any atom is 0.325 e. The van der Waals surface area contributed by atoms with Crippen LogP contribution in [-0.2, 0) is 6.61 Å². The quantitative estimate of drug-likeness (QED) is 0.486. The number of nitrogens with zero attached hydrogens (tertiary/aromatic N) is 2. The average Bonchev–Trinajstić information content (AvgIpc) is 3.26. The topological polar surface area (TPSA) is 85.4 Å². The molecule has 0 bridgehead atoms. The molecule has 2 aromatic carbocycles. The van der Waals surface area contributed by atoms with E-state index in [2.05, 4.69) is 33.0 Å². The van der Waals surface area contributed by atoms with Crippen LogP contribution in [0.2, 0.25) is 0 Å². The van der Waals surface area contributed by atoms with E-state index in [9.17, 15) is 4.79 Å². The molecule has 2 N–H and O–H groups in total. The van der Waals surface area contributed by atoms with Crippen molar-refractivity contribution in [3.05, 3.63) is 59.1 Å². The highest BCUT2D eigenvalue weighted by atomic mass is 32.1. The lowest BCUT2D eigenvalue weighted by Gasteiger charge is -2.22. The van der Waals surface area contributed by atoms with Crippen molar-refractivity contribution < 1.29 is 14.3 Å². The van der Waals surface area contributed by atoms with Crippen molar-refractivity contribution in [3.8, 4) is 11.5 Å². The maximum absolute atomic E-state index is 12.1. The van der Waals surface area contributed by atoms with Gasteiger partial charge in [0, 0.05) is 5.69 Å². The molecule has 1 heterocycles. The van der Waals surface area contributed by atoms with Crippen molar-refractivity contribution in [3.63, 3.8) is 0 Å². The van der Waals surface area contributed by atoms with Crippen LogP contribution in [0.25, 0.3) is 0 Å². The summed E-state index contributed by atoms with van der Waals surface area (Å²) in [5, 5.41) is 14.6. The Kier molecular flexibility index (Phi) is 6.99. The highest BCUT2D eigenvalue weighted by Gasteiger charge is 2.15. The summed E-state index contributed by atoms with van der Waals surface area (Å²) in [5.74, 6) is 2.22. The van der Waals surface area contributed by atoms with Crippen molar-refractivity contribution in [2.24, 2.45) is 0 Å². The molecule has 8 heteroatoms. The van der Waals surface area contributed by atoms with Crippen LogP contribution in [0.1, 0.15) is 48.6 Å². The van der Waals surface area contributed by atoms with Crippen molar-refractivity contribution in [2.45, 2.75) is 44.6 Å². The summed E-state index contributed by atoms with van der Waals surface area (Å²) >= 11 is 1.28. The van der Waals surface area contributed by atoms with Crippen molar-refractivity contribution >= 4 is 28.2 Å². The van der Waals surface area contributed by atoms with E-state index in [1.54, 1.807) is 31.4 Å². The van der Waals surface area contributed by atoms with Gasteiger partial charge < -0.3 is 14.8 Å². The molecule has 3 aromatic rings. The van der Waals surface area contributed by atoms with Gasteiger partial charge >= 0.3 is 6.03 Å². The summed E-state index contributed by atoms with van der Waals surface area (Å²) in [6.45, 7) is 0.308. The van der Waals surface area contributed by atoms with Crippen LogP contribution < -0.4 is 20.1 Å². The largest absolute Gasteiger partial charge is 0.497 e. The second kappa shape index (κ2) is 10.3. The zero-order chi connectivity index (χ0) is 21.5. The van der Waals surface area contributed by atoms with Gasteiger partial charge in [0.2, 0.25) is 5.13 Å². The lowest BCUT2D eigenvalue weighted by Crippen LogP contribution is -2.19. The molecule has 0 unspecified atom stereocenters. The molecule has 162 valence electrons. The van der Waals surface area contributed by atoms with Crippen LogP contribution in [0.4, 0.5) is 15.6 Å². The van der Waals surface area contributed by atoms with Crippen LogP contribution in [-0.4, -0.2) is 23.3 Å². The number of aromatic nitrogens is 2. The Hall–Kier alpha value is -3.13. The predicted molar refractivity (Wildman–Crippen MR) is 122 cm³/mol. The Morgan fingerprint density at radius 1 is 0.968 bits per heavy atom. The highest BCUT2D eigenvalue weighted by molar-refractivity contribution is 7.15. The number of rotatable bonds is 7. The fourth-order valence-corrected chi connectivity index (χ4v) is 4.36. The lowest BCUT2D eigenvalue weighted by atomic mass is 9.84. The highest BCUT2D eigenvalue weighted by Crippen LogP contribution is 2.33. The van der Waals surface area contributed by atoms with E-state index in [-0.39, 0.29) is 6.03 Å². The Bertz CT molecular complexity index is 983. The fraction of sp³-hybridized carbons (Fsp3) is 0.348. The molecule has 0 aliphatic heterocycles. The Balaban J connectivity index is 1.25. The number of methoxy groups -OCH3 is 1. The number of benzene rings is 2. The van der Waals surface area contributed by atoms with Gasteiger partial charge in [0.05, 0.1) is 7.11 Å². The number of nitrogens with one attached hydrogen (secondary N) is 2. The van der Waals surface area contributed by atoms with Gasteiger partial charge in [0.15, 0.2) is 5.01 Å². The second-order valence-corrected chi connectivity index (χ2v) is 8.56. The molecule has 1 aliphatic rings. The number of hydrogen-bond donors (Lipinski definition) is 2. The number of carbonyl (C=O) groups excluding carboxylic acids is 1. The van der Waals surface area contributed by atoms with Gasteiger partial charge in [-0.1, -0.05) is 42.7 Å². The molecule has 1 saturated carbocycles. The van der Waals surface area contributed by atoms with Gasteiger partial charge in [-0.3, -0.25) is 5.32 Å². The minimum absolute atomic E-state index is 0.308. The van der Waals surface area contributed by atoms with Crippen molar-refractivity contribution in [2.75, 3.05) is 17.7 Å². The lowest BCUT2D eigenvalue weighted by molar-refractivity contribution is 0.262. The number of carbonyl (C=O) groups is 1. The Morgan fingerprint density at radius 3 is 2.39 bits per heavy atom. The molecule has 0 radical (unpaired) electrons. The molecule has 2 amide bonds. The third-order valence-corrected chi connectivity index (χ3v) is 6.17. The van der Waals surface area contributed by atoms with Crippen molar-refractivity contribution in [1.82, 2.24) is 10.2 Å². The molecular weight excluding hydrogens is 412 g/mol. The summed E-state index contributed by atoms with van der Waals surface area (Å²) in [5.41, 5.74) is 2.06. The molecule has 1 fully saturated rings. The minimum atomic E-state index is -0.382. The van der Waals surface area contributed by atoms with Crippen LogP contribution in [0.3, 0.4) is 0 Å². The molecular formula is C23H26N4O3S. The van der Waals surface area contributed by atoms with E-state index in [1.165, 1.54) is 49.0 Å². The normalized spacial score (nSPS) is 14.1. The first kappa shape index (κ1) is 21.1. The number of urea groups is 1. The van der Waals surface area contributed by atoms with Crippen LogP contribution in [0, 0.1) is 0 Å². The minimum Gasteiger partial charge on any atom is -0.497 e. The van der Waals surface area contributed by atoms with E-state index >= 15 is 0 Å². The van der Waals surface area contributed by atoms with Crippen LogP contribution >= 0.6 is 11.3 Å². The number of anilines is 2. The molecule has 1 aromatic heterocycles. The zero-order valence-corrected chi connectivity index (χ0v) is 18.3. The molecule has 0 saturated heterocycles. The fourth-order valence-electron chi connectivity index (χ4n) is 3.71. The summed E-state index contributed by atoms with van der Waals surface area (Å²) in [6.07, 6.45) is 6.59. The predicted octanol–water partition coefficient (Wildman–Crippen LogP) is 5.82. The number of amides is 2. The first-order valence-corrected chi connectivity index (χ1v) is 11.3. The van der Waals surface area contributed by atoms with Gasteiger partial charge in [0.25, 0.3) is 0 Å². The molecule has 7 nitrogen and oxygen atoms in total. The van der Waals surface area contributed by atoms with Gasteiger partial charge in [0.1, 0.15) is 18.1 Å². The van der Waals surface area contributed by atoms with Gasteiger partial charge in [-0.25, -0.2) is 4.79 Å². The second-order valence-electron chi connectivity index (χ2n) is 7.50. The van der Waals surface area contributed by atoms with E-state index in [1.807, 2.05) is 12.1 Å². The summed E-state index contributed by atoms with van der Waals surface area (Å²) < 4.78 is 10.9. The standard InChI is InChI=1S/C23H26N4O3S/c1-29-19-13-9-18(10-14-19)24-22(28)25-23-27-26-21(31-23)15-30-20-11-7-17(8-12-20)16-5-3-2-4-6-16/h7-14,16H,2-6,15H2,1H3,(H2,24,25,27,28). The van der Waals surface area contributed by atoms with Gasteiger partial charge in [-0.15, -0.1) is 10.2 Å². The average molecular weight is 439 g/mol. The van der Waals surface area contributed by atoms with Crippen LogP contribution in [0.5, 0.6) is 11.5 Å². The Morgan fingerprint density at radius 2 is 1.68 bits per heavy atom. The summed E-state index contributed by atoms with van der Waals surface area (Å²) in [6, 6.07) is 15.1.